The van der Waals surface area contributed by atoms with Crippen molar-refractivity contribution in [3.63, 3.8) is 0 Å². The second kappa shape index (κ2) is 5.98. The molecular formula is C9H18ClN2O2P. The summed E-state index contributed by atoms with van der Waals surface area (Å²) in [4.78, 5) is 16.4. The van der Waals surface area contributed by atoms with Gasteiger partial charge in [0.25, 0.3) is 8.53 Å². The first-order valence-corrected chi connectivity index (χ1v) is 6.43. The highest BCUT2D eigenvalue weighted by Crippen LogP contribution is 2.38. The lowest BCUT2D eigenvalue weighted by atomic mass is 9.80. The summed E-state index contributed by atoms with van der Waals surface area (Å²) >= 11 is 6.10. The van der Waals surface area contributed by atoms with Crippen molar-refractivity contribution in [2.24, 2.45) is 17.8 Å². The smallest absolute Gasteiger partial charge is 0.252 e. The predicted molar refractivity (Wildman–Crippen MR) is 61.9 cm³/mol. The van der Waals surface area contributed by atoms with Gasteiger partial charge in [0.05, 0.1) is 0 Å². The highest BCUT2D eigenvalue weighted by molar-refractivity contribution is 7.42. The number of nitriles is 1. The van der Waals surface area contributed by atoms with E-state index >= 15 is 0 Å². The fourth-order valence-electron chi connectivity index (χ4n) is 2.01. The maximum Gasteiger partial charge on any atom is 0.252 e. The summed E-state index contributed by atoms with van der Waals surface area (Å²) in [6.45, 7) is 7.82. The van der Waals surface area contributed by atoms with E-state index in [4.69, 9.17) is 26.6 Å². The highest BCUT2D eigenvalue weighted by atomic mass is 35.5. The Kier molecular flexibility index (Phi) is 6.02. The summed E-state index contributed by atoms with van der Waals surface area (Å²) in [6, 6.07) is 1.92. The predicted octanol–water partition coefficient (Wildman–Crippen LogP) is 2.17. The van der Waals surface area contributed by atoms with Crippen molar-refractivity contribution in [2.45, 2.75) is 32.7 Å². The van der Waals surface area contributed by atoms with Crippen LogP contribution in [0.1, 0.15) is 27.7 Å². The fourth-order valence-corrected chi connectivity index (χ4v) is 3.23. The highest BCUT2D eigenvalue weighted by Gasteiger charge is 2.42. The molecule has 0 fully saturated rings. The Hall–Kier alpha value is 0.0900. The summed E-state index contributed by atoms with van der Waals surface area (Å²) in [7, 11) is -2.38. The molecule has 0 radical (unpaired) electrons. The lowest BCUT2D eigenvalue weighted by molar-refractivity contribution is 0.228. The van der Waals surface area contributed by atoms with E-state index in [0.717, 1.165) is 0 Å². The number of nitrogens with one attached hydrogen (secondary N) is 1. The van der Waals surface area contributed by atoms with E-state index in [2.05, 4.69) is 5.09 Å². The lowest BCUT2D eigenvalue weighted by Gasteiger charge is -2.36. The van der Waals surface area contributed by atoms with E-state index < -0.39 is 13.5 Å². The first-order chi connectivity index (χ1) is 6.74. The van der Waals surface area contributed by atoms with E-state index in [9.17, 15) is 0 Å². The van der Waals surface area contributed by atoms with Crippen LogP contribution in [0, 0.1) is 29.1 Å². The third kappa shape index (κ3) is 4.22. The normalized spacial score (nSPS) is 16.1. The van der Waals surface area contributed by atoms with Crippen molar-refractivity contribution >= 4 is 20.1 Å². The molecule has 0 saturated heterocycles. The lowest BCUT2D eigenvalue weighted by Crippen LogP contribution is -2.47. The molecule has 0 aromatic heterocycles. The fraction of sp³-hybridized carbons (Fsp3) is 0.889. The van der Waals surface area contributed by atoms with E-state index in [-0.39, 0.29) is 17.8 Å². The van der Waals surface area contributed by atoms with Crippen LogP contribution < -0.4 is 5.09 Å². The van der Waals surface area contributed by atoms with Gasteiger partial charge in [-0.25, -0.2) is 5.09 Å². The van der Waals surface area contributed by atoms with Crippen LogP contribution in [0.15, 0.2) is 0 Å². The van der Waals surface area contributed by atoms with Crippen LogP contribution in [-0.4, -0.2) is 14.8 Å². The molecule has 0 amide bonds. The summed E-state index contributed by atoms with van der Waals surface area (Å²) < 4.78 is 0. The number of alkyl halides is 1. The van der Waals surface area contributed by atoms with Gasteiger partial charge < -0.3 is 9.79 Å². The van der Waals surface area contributed by atoms with Gasteiger partial charge in [0.1, 0.15) is 6.07 Å². The van der Waals surface area contributed by atoms with Gasteiger partial charge in [-0.05, 0) is 11.8 Å². The van der Waals surface area contributed by atoms with E-state index in [1.807, 2.05) is 33.8 Å². The largest absolute Gasteiger partial charge is 0.338 e. The molecule has 15 heavy (non-hydrogen) atoms. The zero-order chi connectivity index (χ0) is 12.2. The van der Waals surface area contributed by atoms with E-state index in [1.54, 1.807) is 0 Å². The van der Waals surface area contributed by atoms with Crippen molar-refractivity contribution in [1.82, 2.24) is 5.09 Å². The van der Waals surface area contributed by atoms with Gasteiger partial charge in [-0.1, -0.05) is 39.3 Å². The zero-order valence-electron chi connectivity index (χ0n) is 9.40. The van der Waals surface area contributed by atoms with Gasteiger partial charge in [0, 0.05) is 5.92 Å². The van der Waals surface area contributed by atoms with Gasteiger partial charge >= 0.3 is 0 Å². The Morgan fingerprint density at radius 1 is 1.27 bits per heavy atom. The number of nitrogens with zero attached hydrogens (tertiary/aromatic N) is 1. The van der Waals surface area contributed by atoms with Crippen molar-refractivity contribution in [3.8, 4) is 6.07 Å². The Morgan fingerprint density at radius 3 is 1.87 bits per heavy atom. The van der Waals surface area contributed by atoms with Crippen LogP contribution in [-0.2, 0) is 0 Å². The van der Waals surface area contributed by atoms with E-state index in [0.29, 0.717) is 0 Å². The van der Waals surface area contributed by atoms with Crippen molar-refractivity contribution < 1.29 is 9.79 Å². The Balaban J connectivity index is 4.97. The third-order valence-corrected chi connectivity index (χ3v) is 3.44. The van der Waals surface area contributed by atoms with Gasteiger partial charge in [-0.15, -0.1) is 0 Å². The number of hydrogen-bond acceptors (Lipinski definition) is 4. The molecule has 0 bridgehead atoms. The second-order valence-electron chi connectivity index (χ2n) is 4.24. The molecule has 0 heterocycles. The molecule has 0 aromatic rings. The van der Waals surface area contributed by atoms with Crippen LogP contribution in [0.2, 0.25) is 0 Å². The molecule has 1 unspecified atom stereocenters. The van der Waals surface area contributed by atoms with Crippen LogP contribution in [0.3, 0.4) is 0 Å². The second-order valence-corrected chi connectivity index (χ2v) is 5.64. The van der Waals surface area contributed by atoms with Crippen molar-refractivity contribution in [1.29, 1.82) is 5.26 Å². The molecule has 0 saturated carbocycles. The summed E-state index contributed by atoms with van der Waals surface area (Å²) in [5, 5.41) is 11.4. The molecule has 0 aliphatic heterocycles. The number of halogens is 1. The third-order valence-electron chi connectivity index (χ3n) is 2.32. The molecular weight excluding hydrogens is 235 g/mol. The SMILES string of the molecule is CC(C)C(C(C)C)C(Cl)(C#N)NP(O)O. The van der Waals surface area contributed by atoms with Crippen LogP contribution in [0.25, 0.3) is 0 Å². The average molecular weight is 253 g/mol. The van der Waals surface area contributed by atoms with Gasteiger partial charge in [0.2, 0.25) is 0 Å². The van der Waals surface area contributed by atoms with Gasteiger partial charge in [-0.2, -0.15) is 5.26 Å². The molecule has 0 rings (SSSR count). The van der Waals surface area contributed by atoms with E-state index in [1.165, 1.54) is 0 Å². The molecule has 0 aliphatic rings. The minimum absolute atomic E-state index is 0.159. The molecule has 3 N–H and O–H groups in total. The topological polar surface area (TPSA) is 76.3 Å². The molecule has 88 valence electrons. The monoisotopic (exact) mass is 252 g/mol. The standard InChI is InChI=1S/C9H18ClN2O2P/c1-6(2)8(7(3)4)9(10,5-11)12-15(13)14/h6-8,12-14H,1-4H3. The minimum Gasteiger partial charge on any atom is -0.338 e. The molecule has 0 spiro atoms. The minimum atomic E-state index is -2.38. The number of hydrogen-bond donors (Lipinski definition) is 3. The Morgan fingerprint density at radius 2 is 1.67 bits per heavy atom. The van der Waals surface area contributed by atoms with Crippen LogP contribution >= 0.6 is 20.1 Å². The van der Waals surface area contributed by atoms with Gasteiger partial charge in [0.15, 0.2) is 5.00 Å². The zero-order valence-corrected chi connectivity index (χ0v) is 11.0. The first kappa shape index (κ1) is 15.1. The van der Waals surface area contributed by atoms with Crippen LogP contribution in [0.5, 0.6) is 0 Å². The Bertz CT molecular complexity index is 235. The summed E-state index contributed by atoms with van der Waals surface area (Å²) in [5.41, 5.74) is 0. The average Bonchev–Trinajstić information content (AvgIpc) is 2.00. The van der Waals surface area contributed by atoms with Gasteiger partial charge in [-0.3, -0.25) is 0 Å². The summed E-state index contributed by atoms with van der Waals surface area (Å²) in [5.74, 6) is 0.183. The molecule has 0 aliphatic carbocycles. The quantitative estimate of drug-likeness (QED) is 0.398. The molecule has 6 heteroatoms. The Labute approximate surface area is 97.2 Å². The maximum absolute atomic E-state index is 9.05. The molecule has 4 nitrogen and oxygen atoms in total. The summed E-state index contributed by atoms with van der Waals surface area (Å²) in [6.07, 6.45) is 0. The van der Waals surface area contributed by atoms with Crippen LogP contribution in [0.4, 0.5) is 0 Å². The maximum atomic E-state index is 9.05. The number of rotatable bonds is 5. The van der Waals surface area contributed by atoms with Crippen molar-refractivity contribution in [2.75, 3.05) is 0 Å². The molecule has 0 aromatic carbocycles. The first-order valence-electron chi connectivity index (χ1n) is 4.80. The van der Waals surface area contributed by atoms with Crippen molar-refractivity contribution in [3.05, 3.63) is 0 Å². The molecule has 1 atom stereocenters.